The van der Waals surface area contributed by atoms with Crippen molar-refractivity contribution in [2.45, 2.75) is 40.0 Å². The van der Waals surface area contributed by atoms with E-state index in [2.05, 4.69) is 32.9 Å². The van der Waals surface area contributed by atoms with Crippen LogP contribution in [0.2, 0.25) is 0 Å². The molecule has 3 aromatic carbocycles. The lowest BCUT2D eigenvalue weighted by Crippen LogP contribution is -2.28. The zero-order chi connectivity index (χ0) is 20.1. The molecule has 0 saturated carbocycles. The summed E-state index contributed by atoms with van der Waals surface area (Å²) >= 11 is 0. The highest BCUT2D eigenvalue weighted by Crippen LogP contribution is 2.49. The zero-order valence-electron chi connectivity index (χ0n) is 16.8. The van der Waals surface area contributed by atoms with Crippen molar-refractivity contribution in [2.24, 2.45) is 0 Å². The van der Waals surface area contributed by atoms with Crippen LogP contribution in [0.25, 0.3) is 0 Å². The Morgan fingerprint density at radius 2 is 1.25 bits per heavy atom. The molecular formula is C25H27O2P. The third kappa shape index (κ3) is 3.62. The lowest BCUT2D eigenvalue weighted by Gasteiger charge is -2.24. The van der Waals surface area contributed by atoms with Gasteiger partial charge in [-0.3, -0.25) is 4.79 Å². The second-order valence-corrected chi connectivity index (χ2v) is 9.53. The van der Waals surface area contributed by atoms with Crippen molar-refractivity contribution in [3.63, 3.8) is 0 Å². The summed E-state index contributed by atoms with van der Waals surface area (Å²) in [6.07, 6.45) is 2.41. The van der Waals surface area contributed by atoms with Crippen LogP contribution in [0.4, 0.5) is 0 Å². The zero-order valence-corrected chi connectivity index (χ0v) is 17.7. The molecule has 0 bridgehead atoms. The van der Waals surface area contributed by atoms with Crippen LogP contribution in [0.3, 0.4) is 0 Å². The minimum atomic E-state index is -3.51. The van der Waals surface area contributed by atoms with Gasteiger partial charge in [0, 0.05) is 16.2 Å². The normalized spacial score (nSPS) is 13.1. The van der Waals surface area contributed by atoms with E-state index in [-0.39, 0.29) is 5.52 Å². The maximum absolute atomic E-state index is 14.7. The van der Waals surface area contributed by atoms with Crippen LogP contribution in [0, 0.1) is 0 Å². The maximum Gasteiger partial charge on any atom is 0.230 e. The van der Waals surface area contributed by atoms with Crippen molar-refractivity contribution in [1.82, 2.24) is 0 Å². The van der Waals surface area contributed by atoms with Crippen LogP contribution in [0.5, 0.6) is 0 Å². The molecule has 1 atom stereocenters. The van der Waals surface area contributed by atoms with Crippen LogP contribution in [0.1, 0.15) is 47.8 Å². The first kappa shape index (κ1) is 20.3. The molecule has 0 N–H and O–H groups in total. The molecule has 144 valence electrons. The van der Waals surface area contributed by atoms with Crippen LogP contribution in [-0.4, -0.2) is 5.52 Å². The van der Waals surface area contributed by atoms with E-state index >= 15 is 0 Å². The molecule has 2 nitrogen and oxygen atoms in total. The number of hydrogen-bond acceptors (Lipinski definition) is 2. The molecule has 28 heavy (non-hydrogen) atoms. The summed E-state index contributed by atoms with van der Waals surface area (Å²) in [6.45, 7) is 6.26. The van der Waals surface area contributed by atoms with Gasteiger partial charge in [-0.2, -0.15) is 0 Å². The molecule has 3 heteroatoms. The Labute approximate surface area is 168 Å². The number of rotatable bonds is 7. The second kappa shape index (κ2) is 8.71. The van der Waals surface area contributed by atoms with Crippen molar-refractivity contribution in [3.05, 3.63) is 95.1 Å². The number of hydrogen-bond donors (Lipinski definition) is 0. The van der Waals surface area contributed by atoms with Gasteiger partial charge in [-0.05, 0) is 36.0 Å². The molecule has 3 rings (SSSR count). The van der Waals surface area contributed by atoms with Gasteiger partial charge in [0.15, 0.2) is 0 Å². The number of benzene rings is 3. The van der Waals surface area contributed by atoms with Crippen LogP contribution >= 0.6 is 7.14 Å². The van der Waals surface area contributed by atoms with Gasteiger partial charge in [0.25, 0.3) is 0 Å². The summed E-state index contributed by atoms with van der Waals surface area (Å²) in [5.41, 5.74) is 3.48. The third-order valence-corrected chi connectivity index (χ3v) is 8.30. The molecule has 0 heterocycles. The molecule has 0 fully saturated rings. The van der Waals surface area contributed by atoms with E-state index in [1.54, 1.807) is 12.1 Å². The predicted molar refractivity (Wildman–Crippen MR) is 119 cm³/mol. The fourth-order valence-corrected chi connectivity index (χ4v) is 6.78. The fraction of sp³-hybridized carbons (Fsp3) is 0.240. The minimum absolute atomic E-state index is 0.284. The van der Waals surface area contributed by atoms with E-state index in [0.717, 1.165) is 35.7 Å². The predicted octanol–water partition coefficient (Wildman–Crippen LogP) is 5.53. The Kier molecular flexibility index (Phi) is 6.31. The van der Waals surface area contributed by atoms with Gasteiger partial charge < -0.3 is 4.57 Å². The number of carbonyl (C=O) groups excluding carboxylic acids is 1. The molecule has 3 aromatic rings. The van der Waals surface area contributed by atoms with Crippen molar-refractivity contribution in [2.75, 3.05) is 0 Å². The van der Waals surface area contributed by atoms with E-state index in [1.807, 2.05) is 48.5 Å². The summed E-state index contributed by atoms with van der Waals surface area (Å²) in [5, 5.41) is 1.35. The largest absolute Gasteiger partial charge is 0.305 e. The summed E-state index contributed by atoms with van der Waals surface area (Å²) in [5.74, 6) is 0. The van der Waals surface area contributed by atoms with E-state index in [1.165, 1.54) is 5.56 Å². The SMILES string of the molecule is CCc1cc(CC)c(P(=O)(C(=O)c2ccccc2)c2ccccc2)c(CC)c1. The van der Waals surface area contributed by atoms with Crippen LogP contribution in [-0.2, 0) is 23.8 Å². The summed E-state index contributed by atoms with van der Waals surface area (Å²) in [6, 6.07) is 22.6. The molecule has 1 unspecified atom stereocenters. The Morgan fingerprint density at radius 1 is 0.750 bits per heavy atom. The van der Waals surface area contributed by atoms with Gasteiger partial charge in [-0.1, -0.05) is 93.6 Å². The van der Waals surface area contributed by atoms with E-state index in [4.69, 9.17) is 0 Å². The molecule has 0 radical (unpaired) electrons. The molecule has 0 aliphatic heterocycles. The highest BCUT2D eigenvalue weighted by Gasteiger charge is 2.39. The topological polar surface area (TPSA) is 34.1 Å². The number of carbonyl (C=O) groups is 1. The molecule has 0 spiro atoms. The van der Waals surface area contributed by atoms with E-state index < -0.39 is 7.14 Å². The van der Waals surface area contributed by atoms with Crippen LogP contribution < -0.4 is 10.6 Å². The Balaban J connectivity index is 2.36. The lowest BCUT2D eigenvalue weighted by molar-refractivity contribution is 0.107. The van der Waals surface area contributed by atoms with Gasteiger partial charge >= 0.3 is 0 Å². The van der Waals surface area contributed by atoms with Crippen molar-refractivity contribution in [1.29, 1.82) is 0 Å². The van der Waals surface area contributed by atoms with Gasteiger partial charge in [-0.25, -0.2) is 0 Å². The molecule has 0 amide bonds. The van der Waals surface area contributed by atoms with Crippen LogP contribution in [0.15, 0.2) is 72.8 Å². The highest BCUT2D eigenvalue weighted by molar-refractivity contribution is 7.93. The smallest absolute Gasteiger partial charge is 0.230 e. The molecule has 0 aromatic heterocycles. The average molecular weight is 390 g/mol. The molecular weight excluding hydrogens is 363 g/mol. The highest BCUT2D eigenvalue weighted by atomic mass is 31.2. The third-order valence-electron chi connectivity index (χ3n) is 5.24. The van der Waals surface area contributed by atoms with Crippen molar-refractivity contribution < 1.29 is 9.36 Å². The van der Waals surface area contributed by atoms with Gasteiger partial charge in [-0.15, -0.1) is 0 Å². The van der Waals surface area contributed by atoms with Crippen molar-refractivity contribution >= 4 is 23.3 Å². The molecule has 0 aliphatic carbocycles. The standard InChI is InChI=1S/C25H27O2P/c1-4-19-17-20(5-2)24(21(6-3)18-19)28(27,23-15-11-8-12-16-23)25(26)22-13-9-7-10-14-22/h7-18H,4-6H2,1-3H3. The van der Waals surface area contributed by atoms with Crippen molar-refractivity contribution in [3.8, 4) is 0 Å². The Morgan fingerprint density at radius 3 is 1.71 bits per heavy atom. The van der Waals surface area contributed by atoms with E-state index in [9.17, 15) is 9.36 Å². The number of aryl methyl sites for hydroxylation is 3. The summed E-state index contributed by atoms with van der Waals surface area (Å²) in [4.78, 5) is 13.7. The van der Waals surface area contributed by atoms with Gasteiger partial charge in [0.1, 0.15) is 0 Å². The first-order valence-electron chi connectivity index (χ1n) is 9.97. The maximum atomic E-state index is 14.7. The first-order chi connectivity index (χ1) is 13.6. The monoisotopic (exact) mass is 390 g/mol. The second-order valence-electron chi connectivity index (χ2n) is 6.94. The first-order valence-corrected chi connectivity index (χ1v) is 11.7. The summed E-state index contributed by atoms with van der Waals surface area (Å²) in [7, 11) is -3.51. The molecule has 0 aliphatic rings. The van der Waals surface area contributed by atoms with Gasteiger partial charge in [0.2, 0.25) is 12.7 Å². The average Bonchev–Trinajstić information content (AvgIpc) is 2.78. The Bertz CT molecular complexity index is 982. The minimum Gasteiger partial charge on any atom is -0.305 e. The van der Waals surface area contributed by atoms with Gasteiger partial charge in [0.05, 0.1) is 0 Å². The van der Waals surface area contributed by atoms with E-state index in [0.29, 0.717) is 10.9 Å². The Hall–Kier alpha value is -2.44. The molecule has 0 saturated heterocycles. The quantitative estimate of drug-likeness (QED) is 0.497. The summed E-state index contributed by atoms with van der Waals surface area (Å²) < 4.78 is 14.7. The fourth-order valence-electron chi connectivity index (χ4n) is 3.73. The lowest BCUT2D eigenvalue weighted by atomic mass is 10.0.